The molecule has 0 heterocycles. The standard InChI is InChI=1S/C25H40O5/c1-16-9-12-24(5)20-8-7-11-23(3,4)19(20)10-13-25(24,6)21(16)22(28)30-15-18(27)14-29-17(2)26/h10,16,18,20-21,27H,7-9,11-15H2,1-6H3/t16-,18-,20?,21?,24-,25-/m1/s1/i7+1,10+1,12+1,16+1,17+1,18+1,20+1,22+1,23+1,25+1. The first-order chi connectivity index (χ1) is 13.9. The average molecular weight is 431 g/mol. The zero-order valence-electron chi connectivity index (χ0n) is 19.6. The summed E-state index contributed by atoms with van der Waals surface area (Å²) >= 11 is 0. The largest absolute Gasteiger partial charge is 0.463 e. The third kappa shape index (κ3) is 3.94. The first-order valence-corrected chi connectivity index (χ1v) is 11.6. The van der Waals surface area contributed by atoms with Crippen LogP contribution in [0, 0.1) is 34.0 Å². The molecule has 170 valence electrons. The minimum atomic E-state index is -0.993. The number of hydrogen-bond donors (Lipinski definition) is 1. The van der Waals surface area contributed by atoms with Gasteiger partial charge in [0.05, 0.1) is 5.92 Å². The summed E-state index contributed by atoms with van der Waals surface area (Å²) in [6.07, 6.45) is 8.20. The molecule has 3 rings (SSSR count). The summed E-state index contributed by atoms with van der Waals surface area (Å²) in [6.45, 7) is 12.6. The molecule has 5 nitrogen and oxygen atoms in total. The molecule has 2 unspecified atom stereocenters. The van der Waals surface area contributed by atoms with E-state index >= 15 is 0 Å². The molecular formula is C25H40O5. The number of fused-ring (bicyclic) bond motifs is 3. The van der Waals surface area contributed by atoms with Crippen LogP contribution >= 0.6 is 0 Å². The Labute approximate surface area is 181 Å². The summed E-state index contributed by atoms with van der Waals surface area (Å²) in [5, 5.41) is 10.0. The van der Waals surface area contributed by atoms with Crippen molar-refractivity contribution in [2.24, 2.45) is 34.0 Å². The number of hydrogen-bond acceptors (Lipinski definition) is 5. The van der Waals surface area contributed by atoms with E-state index in [-0.39, 0.29) is 47.3 Å². The summed E-state index contributed by atoms with van der Waals surface area (Å²) < 4.78 is 10.4. The second-order valence-electron chi connectivity index (χ2n) is 11.1. The topological polar surface area (TPSA) is 72.8 Å². The summed E-state index contributed by atoms with van der Waals surface area (Å²) in [6, 6.07) is 0. The van der Waals surface area contributed by atoms with E-state index in [4.69, 9.17) is 9.47 Å². The van der Waals surface area contributed by atoms with Crippen LogP contribution < -0.4 is 0 Å². The predicted molar refractivity (Wildman–Crippen MR) is 116 cm³/mol. The van der Waals surface area contributed by atoms with Crippen LogP contribution in [-0.2, 0) is 19.1 Å². The van der Waals surface area contributed by atoms with E-state index < -0.39 is 12.1 Å². The van der Waals surface area contributed by atoms with Gasteiger partial charge in [0.15, 0.2) is 0 Å². The number of esters is 2. The van der Waals surface area contributed by atoms with Crippen molar-refractivity contribution in [3.63, 3.8) is 0 Å². The van der Waals surface area contributed by atoms with Gasteiger partial charge in [0, 0.05) is 6.92 Å². The van der Waals surface area contributed by atoms with Gasteiger partial charge < -0.3 is 14.6 Å². The third-order valence-electron chi connectivity index (χ3n) is 8.80. The monoisotopic (exact) mass is 430 g/mol. The molecule has 0 aromatic rings. The van der Waals surface area contributed by atoms with Gasteiger partial charge in [-0.15, -0.1) is 0 Å². The van der Waals surface area contributed by atoms with Gasteiger partial charge in [-0.25, -0.2) is 0 Å². The molecule has 5 heteroatoms. The third-order valence-corrected chi connectivity index (χ3v) is 8.80. The molecule has 0 bridgehead atoms. The normalized spacial score (nSPS) is 38.5. The Kier molecular flexibility index (Phi) is 6.44. The lowest BCUT2D eigenvalue weighted by atomic mass is 9.82. The van der Waals surface area contributed by atoms with Crippen molar-refractivity contribution in [2.45, 2.75) is 86.2 Å². The van der Waals surface area contributed by atoms with Gasteiger partial charge in [-0.1, -0.05) is 52.7 Å². The number of ether oxygens (including phenoxy) is 2. The molecule has 0 spiro atoms. The summed E-state index contributed by atoms with van der Waals surface area (Å²) in [5.41, 5.74) is 1.76. The van der Waals surface area contributed by atoms with Crippen LogP contribution in [0.5, 0.6) is 0 Å². The Bertz CT molecular complexity index is 710. The molecular weight excluding hydrogens is 390 g/mol. The van der Waals surface area contributed by atoms with Crippen LogP contribution in [0.15, 0.2) is 11.6 Å². The zero-order chi connectivity index (χ0) is 22.3. The van der Waals surface area contributed by atoms with Crippen molar-refractivity contribution < 1.29 is 24.2 Å². The Balaban J connectivity index is 1.81. The Morgan fingerprint density at radius 2 is 1.77 bits per heavy atom. The van der Waals surface area contributed by atoms with Crippen LogP contribution in [0.4, 0.5) is 0 Å². The molecule has 0 saturated heterocycles. The fraction of sp³-hybridized carbons (Fsp3) is 0.840. The first-order valence-electron chi connectivity index (χ1n) is 11.6. The molecule has 1 N–H and O–H groups in total. The molecule has 0 aliphatic heterocycles. The Morgan fingerprint density at radius 3 is 2.43 bits per heavy atom. The van der Waals surface area contributed by atoms with Gasteiger partial charge in [-0.3, -0.25) is 9.59 Å². The molecule has 2 saturated carbocycles. The summed E-state index contributed by atoms with van der Waals surface area (Å²) in [4.78, 5) is 24.2. The molecule has 0 radical (unpaired) electrons. The van der Waals surface area contributed by atoms with Gasteiger partial charge in [-0.05, 0) is 60.2 Å². The van der Waals surface area contributed by atoms with Crippen LogP contribution in [0.2, 0.25) is 0 Å². The van der Waals surface area contributed by atoms with Crippen LogP contribution in [-0.4, -0.2) is 36.4 Å². The fourth-order valence-electron chi connectivity index (χ4n) is 6.84. The number of carbonyl (C=O) groups excluding carboxylic acids is 2. The molecule has 3 aliphatic rings. The highest BCUT2D eigenvalue weighted by atomic mass is 16.7. The molecule has 30 heavy (non-hydrogen) atoms. The van der Waals surface area contributed by atoms with E-state index in [1.807, 2.05) is 0 Å². The van der Waals surface area contributed by atoms with E-state index in [1.54, 1.807) is 5.57 Å². The van der Waals surface area contributed by atoms with E-state index in [0.717, 1.165) is 19.3 Å². The minimum absolute atomic E-state index is 0.0708. The van der Waals surface area contributed by atoms with Crippen molar-refractivity contribution in [3.8, 4) is 0 Å². The fourth-order valence-corrected chi connectivity index (χ4v) is 6.84. The van der Waals surface area contributed by atoms with Crippen molar-refractivity contribution in [2.75, 3.05) is 13.2 Å². The average Bonchev–Trinajstić information content (AvgIpc) is 2.65. The summed E-state index contributed by atoms with van der Waals surface area (Å²) in [7, 11) is 0. The van der Waals surface area contributed by atoms with Gasteiger partial charge in [0.1, 0.15) is 19.3 Å². The lowest BCUT2D eigenvalue weighted by Crippen LogP contribution is -2.58. The first kappa shape index (κ1) is 23.3. The van der Waals surface area contributed by atoms with Gasteiger partial charge in [-0.2, -0.15) is 0 Å². The SMILES string of the molecule is C[13C](=O)OC[13C@@H](O)CO[13C](=O)C1[13C@H](C)C[13CH2][C@]2(C)[13CH]3C[13CH2]C[13C](C)(C)C3=[13CH]C[13C@]12C. The number of rotatable bonds is 5. The lowest BCUT2D eigenvalue weighted by molar-refractivity contribution is -0.178. The highest BCUT2D eigenvalue weighted by molar-refractivity contribution is 5.74. The van der Waals surface area contributed by atoms with Crippen molar-refractivity contribution in [1.29, 1.82) is 0 Å². The molecule has 0 aromatic heterocycles. The maximum atomic E-state index is 13.3. The predicted octanol–water partition coefficient (Wildman–Crippen LogP) is 4.67. The van der Waals surface area contributed by atoms with E-state index in [1.165, 1.54) is 26.2 Å². The Hall–Kier alpha value is -1.36. The molecule has 0 amide bonds. The smallest absolute Gasteiger partial charge is 0.309 e. The quantitative estimate of drug-likeness (QED) is 0.390. The van der Waals surface area contributed by atoms with Crippen molar-refractivity contribution in [3.05, 3.63) is 11.6 Å². The number of aliphatic hydroxyl groups excluding tert-OH is 1. The second kappa shape index (κ2) is 8.29. The number of carbonyl (C=O) groups is 2. The second-order valence-corrected chi connectivity index (χ2v) is 11.1. The van der Waals surface area contributed by atoms with Crippen LogP contribution in [0.25, 0.3) is 0 Å². The van der Waals surface area contributed by atoms with Crippen molar-refractivity contribution in [1.82, 2.24) is 0 Å². The van der Waals surface area contributed by atoms with Crippen LogP contribution in [0.1, 0.15) is 80.1 Å². The maximum absolute atomic E-state index is 13.3. The van der Waals surface area contributed by atoms with Crippen LogP contribution in [0.3, 0.4) is 0 Å². The minimum Gasteiger partial charge on any atom is -0.463 e. The van der Waals surface area contributed by atoms with Gasteiger partial charge >= 0.3 is 11.9 Å². The lowest BCUT2D eigenvalue weighted by Gasteiger charge is -2.63. The molecule has 2 fully saturated rings. The van der Waals surface area contributed by atoms with Crippen molar-refractivity contribution >= 4 is 11.9 Å². The summed E-state index contributed by atoms with van der Waals surface area (Å²) in [5.74, 6) is -0.0976. The Morgan fingerprint density at radius 1 is 1.10 bits per heavy atom. The van der Waals surface area contributed by atoms with Gasteiger partial charge in [0.25, 0.3) is 0 Å². The van der Waals surface area contributed by atoms with Gasteiger partial charge in [0.2, 0.25) is 0 Å². The number of allylic oxidation sites excluding steroid dienone is 2. The molecule has 0 aromatic carbocycles. The van der Waals surface area contributed by atoms with E-state index in [2.05, 4.69) is 40.7 Å². The van der Waals surface area contributed by atoms with E-state index in [9.17, 15) is 14.7 Å². The molecule has 6 atom stereocenters. The zero-order valence-corrected chi connectivity index (χ0v) is 19.6. The molecule has 3 aliphatic carbocycles. The highest BCUT2D eigenvalue weighted by Crippen LogP contribution is 2.68. The highest BCUT2D eigenvalue weighted by Gasteiger charge is 2.62. The number of aliphatic hydroxyl groups is 1. The maximum Gasteiger partial charge on any atom is 0.309 e. The van der Waals surface area contributed by atoms with E-state index in [0.29, 0.717) is 5.92 Å².